The second kappa shape index (κ2) is 4.61. The molecule has 0 aromatic carbocycles. The van der Waals surface area contributed by atoms with Gasteiger partial charge in [0.2, 0.25) is 11.0 Å². The molecule has 14 heavy (non-hydrogen) atoms. The summed E-state index contributed by atoms with van der Waals surface area (Å²) in [6.45, 7) is 1.37. The van der Waals surface area contributed by atoms with Gasteiger partial charge >= 0.3 is 6.16 Å². The zero-order chi connectivity index (χ0) is 10.6. The van der Waals surface area contributed by atoms with E-state index in [1.807, 2.05) is 0 Å². The number of hydrogen-bond donors (Lipinski definition) is 1. The van der Waals surface area contributed by atoms with E-state index in [1.165, 1.54) is 25.4 Å². The van der Waals surface area contributed by atoms with Gasteiger partial charge in [-0.15, -0.1) is 11.3 Å². The Morgan fingerprint density at radius 3 is 2.79 bits per heavy atom. The van der Waals surface area contributed by atoms with Crippen molar-refractivity contribution in [1.82, 2.24) is 0 Å². The summed E-state index contributed by atoms with van der Waals surface area (Å²) in [4.78, 5) is 21.5. The van der Waals surface area contributed by atoms with Crippen molar-refractivity contribution in [2.24, 2.45) is 0 Å². The fourth-order valence-electron chi connectivity index (χ4n) is 0.774. The van der Waals surface area contributed by atoms with Gasteiger partial charge in [-0.2, -0.15) is 0 Å². The molecule has 1 aromatic rings. The second-order valence-electron chi connectivity index (χ2n) is 2.36. The number of carbonyl (C=O) groups is 2. The van der Waals surface area contributed by atoms with Crippen LogP contribution in [0.4, 0.5) is 10.5 Å². The molecular weight excluding hydrogens is 206 g/mol. The molecule has 0 atom stereocenters. The third-order valence-corrected chi connectivity index (χ3v) is 2.07. The van der Waals surface area contributed by atoms with Crippen molar-refractivity contribution in [2.75, 3.05) is 12.4 Å². The van der Waals surface area contributed by atoms with Gasteiger partial charge in [0, 0.05) is 6.92 Å². The number of thiophene rings is 1. The zero-order valence-corrected chi connectivity index (χ0v) is 8.51. The molecule has 0 fully saturated rings. The number of hydrogen-bond acceptors (Lipinski definition) is 5. The molecular formula is C8H9NO4S. The lowest BCUT2D eigenvalue weighted by Crippen LogP contribution is -2.10. The van der Waals surface area contributed by atoms with Crippen LogP contribution in [0.15, 0.2) is 11.4 Å². The fourth-order valence-corrected chi connectivity index (χ4v) is 1.46. The van der Waals surface area contributed by atoms with Crippen LogP contribution >= 0.6 is 11.3 Å². The van der Waals surface area contributed by atoms with Crippen LogP contribution in [0.3, 0.4) is 0 Å². The summed E-state index contributed by atoms with van der Waals surface area (Å²) in [5, 5.41) is 4.53. The third-order valence-electron chi connectivity index (χ3n) is 1.28. The lowest BCUT2D eigenvalue weighted by molar-refractivity contribution is -0.114. The standard InChI is InChI=1S/C8H9NO4S/c1-5(10)9-6-3-4-14-7(6)13-8(11)12-2/h3-4H,1-2H3,(H,9,10). The highest BCUT2D eigenvalue weighted by Gasteiger charge is 2.11. The van der Waals surface area contributed by atoms with Gasteiger partial charge in [-0.3, -0.25) is 4.79 Å². The van der Waals surface area contributed by atoms with Gasteiger partial charge in [0.25, 0.3) is 0 Å². The summed E-state index contributed by atoms with van der Waals surface area (Å²) >= 11 is 1.20. The molecule has 6 heteroatoms. The van der Waals surface area contributed by atoms with Gasteiger partial charge in [0.1, 0.15) is 0 Å². The van der Waals surface area contributed by atoms with Crippen LogP contribution in [0, 0.1) is 0 Å². The predicted molar refractivity (Wildman–Crippen MR) is 51.7 cm³/mol. The van der Waals surface area contributed by atoms with Crippen LogP contribution in [0.1, 0.15) is 6.92 Å². The molecule has 1 rings (SSSR count). The summed E-state index contributed by atoms with van der Waals surface area (Å²) in [7, 11) is 1.22. The molecule has 0 bridgehead atoms. The maximum absolute atomic E-state index is 10.8. The van der Waals surface area contributed by atoms with Crippen LogP contribution in [-0.4, -0.2) is 19.2 Å². The molecule has 0 aliphatic rings. The van der Waals surface area contributed by atoms with Crippen molar-refractivity contribution in [3.63, 3.8) is 0 Å². The van der Waals surface area contributed by atoms with E-state index in [1.54, 1.807) is 11.4 Å². The van der Waals surface area contributed by atoms with Crippen LogP contribution in [0.25, 0.3) is 0 Å². The Hall–Kier alpha value is -1.56. The summed E-state index contributed by atoms with van der Waals surface area (Å²) in [6, 6.07) is 1.64. The van der Waals surface area contributed by atoms with Gasteiger partial charge in [-0.25, -0.2) is 4.79 Å². The van der Waals surface area contributed by atoms with Crippen molar-refractivity contribution in [3.05, 3.63) is 11.4 Å². The van der Waals surface area contributed by atoms with E-state index in [0.29, 0.717) is 10.8 Å². The highest BCUT2D eigenvalue weighted by molar-refractivity contribution is 7.12. The van der Waals surface area contributed by atoms with E-state index in [9.17, 15) is 9.59 Å². The fraction of sp³-hybridized carbons (Fsp3) is 0.250. The number of anilines is 1. The molecule has 1 heterocycles. The van der Waals surface area contributed by atoms with Crippen LogP contribution in [-0.2, 0) is 9.53 Å². The van der Waals surface area contributed by atoms with Crippen LogP contribution in [0.5, 0.6) is 5.06 Å². The monoisotopic (exact) mass is 215 g/mol. The third kappa shape index (κ3) is 2.74. The lowest BCUT2D eigenvalue weighted by atomic mass is 10.5. The maximum atomic E-state index is 10.8. The first-order valence-electron chi connectivity index (χ1n) is 3.74. The van der Waals surface area contributed by atoms with Gasteiger partial charge < -0.3 is 14.8 Å². The first-order valence-corrected chi connectivity index (χ1v) is 4.62. The smallest absolute Gasteiger partial charge is 0.437 e. The predicted octanol–water partition coefficient (Wildman–Crippen LogP) is 1.85. The molecule has 0 saturated carbocycles. The van der Waals surface area contributed by atoms with Gasteiger partial charge in [0.15, 0.2) is 0 Å². The molecule has 5 nitrogen and oxygen atoms in total. The molecule has 76 valence electrons. The Balaban J connectivity index is 2.72. The molecule has 1 aromatic heterocycles. The molecule has 0 radical (unpaired) electrons. The molecule has 0 aliphatic heterocycles. The van der Waals surface area contributed by atoms with Crippen molar-refractivity contribution >= 4 is 29.1 Å². The van der Waals surface area contributed by atoms with Crippen molar-refractivity contribution < 1.29 is 19.1 Å². The van der Waals surface area contributed by atoms with Crippen molar-refractivity contribution in [2.45, 2.75) is 6.92 Å². The summed E-state index contributed by atoms with van der Waals surface area (Å²) in [5.74, 6) is -0.224. The average molecular weight is 215 g/mol. The number of carbonyl (C=O) groups excluding carboxylic acids is 2. The lowest BCUT2D eigenvalue weighted by Gasteiger charge is -2.03. The zero-order valence-electron chi connectivity index (χ0n) is 7.70. The molecule has 1 N–H and O–H groups in total. The minimum Gasteiger partial charge on any atom is -0.437 e. The quantitative estimate of drug-likeness (QED) is 0.764. The van der Waals surface area contributed by atoms with Crippen molar-refractivity contribution in [3.8, 4) is 5.06 Å². The van der Waals surface area contributed by atoms with Crippen molar-refractivity contribution in [1.29, 1.82) is 0 Å². The second-order valence-corrected chi connectivity index (χ2v) is 3.24. The van der Waals surface area contributed by atoms with E-state index in [4.69, 9.17) is 4.74 Å². The first kappa shape index (κ1) is 10.5. The Kier molecular flexibility index (Phi) is 3.47. The maximum Gasteiger partial charge on any atom is 0.514 e. The Labute approximate surface area is 84.6 Å². The number of nitrogens with one attached hydrogen (secondary N) is 1. The largest absolute Gasteiger partial charge is 0.514 e. The SMILES string of the molecule is COC(=O)Oc1sccc1NC(C)=O. The highest BCUT2D eigenvalue weighted by atomic mass is 32.1. The Bertz CT molecular complexity index is 347. The van der Waals surface area contributed by atoms with Crippen LogP contribution in [0.2, 0.25) is 0 Å². The minimum absolute atomic E-state index is 0.224. The Morgan fingerprint density at radius 2 is 2.21 bits per heavy atom. The molecule has 0 unspecified atom stereocenters. The molecule has 0 aliphatic carbocycles. The summed E-state index contributed by atoms with van der Waals surface area (Å²) in [6.07, 6.45) is -0.806. The van der Waals surface area contributed by atoms with Gasteiger partial charge in [-0.1, -0.05) is 0 Å². The Morgan fingerprint density at radius 1 is 1.50 bits per heavy atom. The number of amides is 1. The topological polar surface area (TPSA) is 64.6 Å². The van der Waals surface area contributed by atoms with E-state index in [2.05, 4.69) is 10.1 Å². The number of ether oxygens (including phenoxy) is 2. The molecule has 1 amide bonds. The average Bonchev–Trinajstić information content (AvgIpc) is 2.52. The number of rotatable bonds is 2. The highest BCUT2D eigenvalue weighted by Crippen LogP contribution is 2.31. The van der Waals surface area contributed by atoms with E-state index < -0.39 is 6.16 Å². The van der Waals surface area contributed by atoms with Gasteiger partial charge in [-0.05, 0) is 11.4 Å². The molecule has 0 spiro atoms. The van der Waals surface area contributed by atoms with Crippen LogP contribution < -0.4 is 10.1 Å². The van der Waals surface area contributed by atoms with E-state index >= 15 is 0 Å². The van der Waals surface area contributed by atoms with E-state index in [-0.39, 0.29) is 5.91 Å². The minimum atomic E-state index is -0.806. The molecule has 0 saturated heterocycles. The van der Waals surface area contributed by atoms with E-state index in [0.717, 1.165) is 0 Å². The number of methoxy groups -OCH3 is 1. The summed E-state index contributed by atoms with van der Waals surface area (Å²) in [5.41, 5.74) is 0.466. The summed E-state index contributed by atoms with van der Waals surface area (Å²) < 4.78 is 9.09. The van der Waals surface area contributed by atoms with Gasteiger partial charge in [0.05, 0.1) is 12.8 Å². The first-order chi connectivity index (χ1) is 6.63. The normalized spacial score (nSPS) is 9.29.